The molecule has 2 atom stereocenters. The summed E-state index contributed by atoms with van der Waals surface area (Å²) < 4.78 is 15.8. The third kappa shape index (κ3) is 3.16. The van der Waals surface area contributed by atoms with Crippen LogP contribution in [-0.4, -0.2) is 64.4 Å². The zero-order chi connectivity index (χ0) is 22.3. The molecule has 2 saturated carbocycles. The summed E-state index contributed by atoms with van der Waals surface area (Å²) in [5, 5.41) is 25.6. The van der Waals surface area contributed by atoms with Crippen LogP contribution in [0.3, 0.4) is 0 Å². The first kappa shape index (κ1) is 19.7. The van der Waals surface area contributed by atoms with E-state index >= 15 is 0 Å². The van der Waals surface area contributed by atoms with Gasteiger partial charge in [0.25, 0.3) is 0 Å². The topological polar surface area (TPSA) is 112 Å². The largest absolute Gasteiger partial charge is 0.389 e. The van der Waals surface area contributed by atoms with Gasteiger partial charge in [0.15, 0.2) is 0 Å². The van der Waals surface area contributed by atoms with Crippen molar-refractivity contribution in [3.8, 4) is 11.4 Å². The van der Waals surface area contributed by atoms with Crippen molar-refractivity contribution in [3.05, 3.63) is 24.7 Å². The highest BCUT2D eigenvalue weighted by Gasteiger charge is 2.67. The van der Waals surface area contributed by atoms with Crippen molar-refractivity contribution in [2.45, 2.75) is 62.9 Å². The summed E-state index contributed by atoms with van der Waals surface area (Å²) in [7, 11) is 0. The van der Waals surface area contributed by atoms with Crippen LogP contribution in [0.5, 0.6) is 0 Å². The van der Waals surface area contributed by atoms with E-state index in [4.69, 9.17) is 0 Å². The van der Waals surface area contributed by atoms with Crippen LogP contribution in [-0.2, 0) is 6.54 Å². The number of aliphatic hydroxyl groups is 1. The van der Waals surface area contributed by atoms with Gasteiger partial charge >= 0.3 is 6.03 Å². The number of hydrogen-bond acceptors (Lipinski definition) is 5. The standard InChI is InChI=1S/C22H26FN7O2/c1-20(2,23)12-30-17-5-15(24-7-13(17)8-26-30)18-16(9-25-28-18)27-19(31)29-10-14-6-22(14,32)11-21(29)3-4-21/h5,7-9,14,32H,3-4,6,10-12H2,1-2H3,(H,25,28)(H,27,31)/t14-,22-/m0/s1. The van der Waals surface area contributed by atoms with Crippen molar-refractivity contribution in [2.75, 3.05) is 11.9 Å². The third-order valence-corrected chi connectivity index (χ3v) is 7.07. The van der Waals surface area contributed by atoms with Crippen LogP contribution in [0.15, 0.2) is 24.7 Å². The number of nitrogens with one attached hydrogen (secondary N) is 2. The molecule has 168 valence electrons. The number of urea groups is 1. The average molecular weight is 439 g/mol. The Kier molecular flexibility index (Phi) is 3.86. The summed E-state index contributed by atoms with van der Waals surface area (Å²) in [5.41, 5.74) is 0.275. The summed E-state index contributed by atoms with van der Waals surface area (Å²) in [4.78, 5) is 19.6. The molecule has 3 fully saturated rings. The number of pyridine rings is 1. The Labute approximate surface area is 184 Å². The number of nitrogens with zero attached hydrogens (tertiary/aromatic N) is 5. The van der Waals surface area contributed by atoms with Gasteiger partial charge in [-0.3, -0.25) is 14.8 Å². The minimum atomic E-state index is -1.41. The molecule has 10 heteroatoms. The second-order valence-corrected chi connectivity index (χ2v) is 10.3. The second-order valence-electron chi connectivity index (χ2n) is 10.3. The van der Waals surface area contributed by atoms with Gasteiger partial charge in [0, 0.05) is 29.6 Å². The van der Waals surface area contributed by atoms with Gasteiger partial charge in [0.2, 0.25) is 0 Å². The van der Waals surface area contributed by atoms with E-state index in [1.165, 1.54) is 13.8 Å². The van der Waals surface area contributed by atoms with Gasteiger partial charge in [-0.1, -0.05) is 0 Å². The quantitative estimate of drug-likeness (QED) is 0.578. The van der Waals surface area contributed by atoms with Gasteiger partial charge in [0.1, 0.15) is 11.4 Å². The zero-order valence-electron chi connectivity index (χ0n) is 18.1. The fraction of sp³-hybridized carbons (Fsp3) is 0.545. The molecule has 9 nitrogen and oxygen atoms in total. The maximum Gasteiger partial charge on any atom is 0.322 e. The van der Waals surface area contributed by atoms with Gasteiger partial charge in [-0.05, 0) is 45.6 Å². The number of likely N-dealkylation sites (tertiary alicyclic amines) is 1. The number of fused-ring (bicyclic) bond motifs is 2. The highest BCUT2D eigenvalue weighted by Crippen LogP contribution is 2.61. The normalized spacial score (nSPS) is 25.8. The van der Waals surface area contributed by atoms with Crippen LogP contribution in [0.2, 0.25) is 0 Å². The predicted octanol–water partition coefficient (Wildman–Crippen LogP) is 3.09. The molecule has 3 aliphatic rings. The number of aromatic nitrogens is 5. The molecule has 6 rings (SSSR count). The van der Waals surface area contributed by atoms with Crippen LogP contribution < -0.4 is 5.32 Å². The molecule has 3 aromatic rings. The van der Waals surface area contributed by atoms with Gasteiger partial charge in [-0.2, -0.15) is 10.2 Å². The SMILES string of the molecule is CC(C)(F)Cn1ncc2cnc(-c3[nH]ncc3NC(=O)N3C[C@@H]4C[C@]4(O)CC34CC4)cc21. The lowest BCUT2D eigenvalue weighted by molar-refractivity contribution is 0.0371. The minimum absolute atomic E-state index is 0.122. The number of carbonyl (C=O) groups is 1. The number of hydrogen-bond donors (Lipinski definition) is 3. The predicted molar refractivity (Wildman–Crippen MR) is 116 cm³/mol. The Morgan fingerprint density at radius 2 is 2.19 bits per heavy atom. The van der Waals surface area contributed by atoms with E-state index in [1.807, 2.05) is 11.0 Å². The van der Waals surface area contributed by atoms with Gasteiger partial charge < -0.3 is 15.3 Å². The smallest absolute Gasteiger partial charge is 0.322 e. The summed E-state index contributed by atoms with van der Waals surface area (Å²) in [6, 6.07) is 1.65. The van der Waals surface area contributed by atoms with E-state index in [1.54, 1.807) is 23.3 Å². The van der Waals surface area contributed by atoms with Gasteiger partial charge in [-0.25, -0.2) is 9.18 Å². The molecular formula is C22H26FN7O2. The van der Waals surface area contributed by atoms with E-state index in [-0.39, 0.29) is 24.0 Å². The van der Waals surface area contributed by atoms with Crippen molar-refractivity contribution in [1.29, 1.82) is 0 Å². The molecule has 3 aromatic heterocycles. The van der Waals surface area contributed by atoms with Crippen LogP contribution in [0.25, 0.3) is 22.3 Å². The molecule has 1 saturated heterocycles. The molecule has 0 unspecified atom stereocenters. The molecule has 2 aliphatic carbocycles. The lowest BCUT2D eigenvalue weighted by Gasteiger charge is -2.38. The number of aromatic amines is 1. The van der Waals surface area contributed by atoms with Crippen molar-refractivity contribution in [3.63, 3.8) is 0 Å². The van der Waals surface area contributed by atoms with Crippen molar-refractivity contribution in [1.82, 2.24) is 29.9 Å². The number of carbonyl (C=O) groups excluding carboxylic acids is 1. The van der Waals surface area contributed by atoms with Crippen LogP contribution in [0.4, 0.5) is 14.9 Å². The van der Waals surface area contributed by atoms with E-state index in [2.05, 4.69) is 25.6 Å². The Hall–Kier alpha value is -3.01. The lowest BCUT2D eigenvalue weighted by Crippen LogP contribution is -2.51. The highest BCUT2D eigenvalue weighted by atomic mass is 19.1. The maximum absolute atomic E-state index is 14.2. The van der Waals surface area contributed by atoms with E-state index in [9.17, 15) is 14.3 Å². The molecule has 32 heavy (non-hydrogen) atoms. The maximum atomic E-state index is 14.2. The molecule has 4 heterocycles. The number of amides is 2. The Morgan fingerprint density at radius 3 is 2.94 bits per heavy atom. The van der Waals surface area contributed by atoms with Gasteiger partial charge in [0.05, 0.1) is 41.4 Å². The number of H-pyrrole nitrogens is 1. The Bertz CT molecular complexity index is 1220. The molecular weight excluding hydrogens is 413 g/mol. The molecule has 0 bridgehead atoms. The molecule has 2 amide bonds. The number of anilines is 1. The first-order chi connectivity index (χ1) is 15.2. The van der Waals surface area contributed by atoms with Gasteiger partial charge in [-0.15, -0.1) is 0 Å². The molecule has 0 aromatic carbocycles. The van der Waals surface area contributed by atoms with Crippen LogP contribution in [0.1, 0.15) is 39.5 Å². The van der Waals surface area contributed by atoms with Crippen molar-refractivity contribution < 1.29 is 14.3 Å². The summed E-state index contributed by atoms with van der Waals surface area (Å²) in [5.74, 6) is 0.174. The van der Waals surface area contributed by atoms with Crippen LogP contribution >= 0.6 is 0 Å². The molecule has 1 spiro atoms. The zero-order valence-corrected chi connectivity index (χ0v) is 18.1. The van der Waals surface area contributed by atoms with E-state index in [0.29, 0.717) is 30.0 Å². The number of piperidine rings is 1. The highest BCUT2D eigenvalue weighted by molar-refractivity contribution is 5.94. The summed E-state index contributed by atoms with van der Waals surface area (Å²) >= 11 is 0. The number of halogens is 1. The molecule has 1 aliphatic heterocycles. The average Bonchev–Trinajstić information content (AvgIpc) is 3.50. The lowest BCUT2D eigenvalue weighted by atomic mass is 9.97. The summed E-state index contributed by atoms with van der Waals surface area (Å²) in [6.45, 7) is 3.73. The number of alkyl halides is 1. The fourth-order valence-corrected chi connectivity index (χ4v) is 5.14. The monoisotopic (exact) mass is 439 g/mol. The fourth-order valence-electron chi connectivity index (χ4n) is 5.14. The molecule has 0 radical (unpaired) electrons. The Morgan fingerprint density at radius 1 is 1.38 bits per heavy atom. The van der Waals surface area contributed by atoms with Crippen molar-refractivity contribution >= 4 is 22.6 Å². The first-order valence-corrected chi connectivity index (χ1v) is 11.0. The first-order valence-electron chi connectivity index (χ1n) is 11.0. The van der Waals surface area contributed by atoms with Crippen LogP contribution in [0, 0.1) is 5.92 Å². The minimum Gasteiger partial charge on any atom is -0.389 e. The second kappa shape index (κ2) is 6.28. The van der Waals surface area contributed by atoms with E-state index in [0.717, 1.165) is 30.2 Å². The number of rotatable bonds is 4. The van der Waals surface area contributed by atoms with Crippen molar-refractivity contribution in [2.24, 2.45) is 5.92 Å². The Balaban J connectivity index is 1.27. The summed E-state index contributed by atoms with van der Waals surface area (Å²) in [6.07, 6.45) is 8.23. The third-order valence-electron chi connectivity index (χ3n) is 7.07. The molecule has 3 N–H and O–H groups in total. The van der Waals surface area contributed by atoms with E-state index < -0.39 is 11.3 Å².